The molecule has 2 saturated heterocycles. The Labute approximate surface area is 201 Å². The van der Waals surface area contributed by atoms with Crippen molar-refractivity contribution in [1.29, 1.82) is 0 Å². The van der Waals surface area contributed by atoms with E-state index < -0.39 is 17.1 Å². The summed E-state index contributed by atoms with van der Waals surface area (Å²) in [5, 5.41) is 9.58. The van der Waals surface area contributed by atoms with Crippen molar-refractivity contribution in [3.8, 4) is 11.5 Å². The molecule has 0 radical (unpaired) electrons. The number of nitrogens with zero attached hydrogens (tertiary/aromatic N) is 2. The molecule has 4 aliphatic heterocycles. The summed E-state index contributed by atoms with van der Waals surface area (Å²) in [5.41, 5.74) is 1.25. The number of likely N-dealkylation sites (tertiary alicyclic amines) is 1. The minimum atomic E-state index is -0.712. The van der Waals surface area contributed by atoms with E-state index in [0.717, 1.165) is 23.4 Å². The van der Waals surface area contributed by atoms with E-state index in [2.05, 4.69) is 17.5 Å². The summed E-state index contributed by atoms with van der Waals surface area (Å²) in [6.07, 6.45) is 0.899. The monoisotopic (exact) mass is 490 g/mol. The van der Waals surface area contributed by atoms with E-state index in [9.17, 15) is 19.5 Å². The Morgan fingerprint density at radius 1 is 1.30 bits per heavy atom. The molecular weight excluding hydrogens is 464 g/mol. The van der Waals surface area contributed by atoms with Crippen LogP contribution in [-0.4, -0.2) is 69.6 Å². The lowest BCUT2D eigenvalue weighted by Gasteiger charge is -2.44. The third kappa shape index (κ3) is 4.07. The highest BCUT2D eigenvalue weighted by Crippen LogP contribution is 2.54. The van der Waals surface area contributed by atoms with Crippen LogP contribution >= 0.6 is 24.4 Å². The van der Waals surface area contributed by atoms with Crippen LogP contribution in [0.15, 0.2) is 28.8 Å². The molecule has 5 rings (SSSR count). The van der Waals surface area contributed by atoms with Crippen LogP contribution in [-0.2, 0) is 20.8 Å². The SMILES string of the molecule is CC[C@H](O)[C@@H]1C(=O)N2C(C(=O)S)=C(C3CCN(CC(=O)Cc4ccc5c(c4)OCO5)C3)S[C@H]12. The maximum atomic E-state index is 12.7. The fourth-order valence-corrected chi connectivity index (χ4v) is 7.05. The topological polar surface area (TPSA) is 96.4 Å². The van der Waals surface area contributed by atoms with Crippen molar-refractivity contribution < 1.29 is 29.0 Å². The summed E-state index contributed by atoms with van der Waals surface area (Å²) in [6.45, 7) is 3.77. The van der Waals surface area contributed by atoms with Gasteiger partial charge >= 0.3 is 0 Å². The van der Waals surface area contributed by atoms with Crippen molar-refractivity contribution in [1.82, 2.24) is 9.80 Å². The molecule has 1 unspecified atom stereocenters. The number of carbonyl (C=O) groups is 3. The number of rotatable bonds is 8. The first kappa shape index (κ1) is 22.8. The van der Waals surface area contributed by atoms with E-state index in [-0.39, 0.29) is 29.8 Å². The number of Topliss-reactive ketones (excluding diaryl/α,β-unsaturated/α-hetero) is 1. The van der Waals surface area contributed by atoms with Crippen LogP contribution in [0.1, 0.15) is 25.3 Å². The van der Waals surface area contributed by atoms with E-state index in [0.29, 0.717) is 43.1 Å². The number of hydrogen-bond acceptors (Lipinski definition) is 8. The number of ketones is 1. The van der Waals surface area contributed by atoms with E-state index in [1.807, 2.05) is 25.1 Å². The lowest BCUT2D eigenvalue weighted by molar-refractivity contribution is -0.154. The van der Waals surface area contributed by atoms with Crippen LogP contribution < -0.4 is 9.47 Å². The van der Waals surface area contributed by atoms with E-state index in [4.69, 9.17) is 9.47 Å². The number of thioether (sulfide) groups is 1. The highest BCUT2D eigenvalue weighted by molar-refractivity contribution is 8.04. The van der Waals surface area contributed by atoms with E-state index in [1.165, 1.54) is 16.7 Å². The number of fused-ring (bicyclic) bond motifs is 2. The quantitative estimate of drug-likeness (QED) is 0.421. The van der Waals surface area contributed by atoms with Gasteiger partial charge in [-0.15, -0.1) is 11.8 Å². The van der Waals surface area contributed by atoms with Gasteiger partial charge in [-0.25, -0.2) is 0 Å². The Bertz CT molecular complexity index is 1040. The Morgan fingerprint density at radius 2 is 2.09 bits per heavy atom. The van der Waals surface area contributed by atoms with Crippen molar-refractivity contribution in [2.75, 3.05) is 26.4 Å². The lowest BCUT2D eigenvalue weighted by Crippen LogP contribution is -2.61. The first-order valence-corrected chi connectivity index (χ1v) is 12.5. The molecular formula is C23H26N2O6S2. The number of hydrogen-bond donors (Lipinski definition) is 2. The Balaban J connectivity index is 1.22. The largest absolute Gasteiger partial charge is 0.454 e. The molecule has 1 aromatic rings. The molecule has 0 saturated carbocycles. The molecule has 1 aromatic carbocycles. The van der Waals surface area contributed by atoms with Crippen molar-refractivity contribution in [3.05, 3.63) is 34.4 Å². The molecule has 0 spiro atoms. The van der Waals surface area contributed by atoms with Crippen LogP contribution in [0.25, 0.3) is 0 Å². The fraction of sp³-hybridized carbons (Fsp3) is 0.522. The number of ether oxygens (including phenoxy) is 2. The summed E-state index contributed by atoms with van der Waals surface area (Å²) in [5.74, 6) is 0.850. The molecule has 2 fully saturated rings. The Morgan fingerprint density at radius 3 is 2.85 bits per heavy atom. The third-order valence-electron chi connectivity index (χ3n) is 6.72. The zero-order valence-corrected chi connectivity index (χ0v) is 19.9. The molecule has 0 aromatic heterocycles. The van der Waals surface area contributed by atoms with Crippen molar-refractivity contribution in [3.63, 3.8) is 0 Å². The van der Waals surface area contributed by atoms with Crippen LogP contribution in [0.3, 0.4) is 0 Å². The maximum Gasteiger partial charge on any atom is 0.236 e. The summed E-state index contributed by atoms with van der Waals surface area (Å²) < 4.78 is 10.7. The first-order valence-electron chi connectivity index (χ1n) is 11.1. The van der Waals surface area contributed by atoms with Gasteiger partial charge < -0.3 is 14.6 Å². The number of carbonyl (C=O) groups excluding carboxylic acids is 3. The van der Waals surface area contributed by atoms with Gasteiger partial charge in [0.15, 0.2) is 17.3 Å². The molecule has 0 bridgehead atoms. The van der Waals surface area contributed by atoms with Gasteiger partial charge in [-0.1, -0.05) is 25.6 Å². The highest BCUT2D eigenvalue weighted by Gasteiger charge is 2.58. The predicted octanol–water partition coefficient (Wildman–Crippen LogP) is 1.82. The maximum absolute atomic E-state index is 12.7. The van der Waals surface area contributed by atoms with Crippen LogP contribution in [0.2, 0.25) is 0 Å². The second-order valence-electron chi connectivity index (χ2n) is 8.86. The molecule has 0 aliphatic carbocycles. The zero-order valence-electron chi connectivity index (χ0n) is 18.2. The second kappa shape index (κ2) is 8.98. The molecule has 1 N–H and O–H groups in total. The fourth-order valence-electron chi connectivity index (χ4n) is 5.04. The summed E-state index contributed by atoms with van der Waals surface area (Å²) in [4.78, 5) is 42.1. The standard InChI is InChI=1S/C23H26N2O6S2/c1-2-15(27)18-21(28)25-19(23(29)32)20(33-22(18)25)13-5-6-24(9-13)10-14(26)7-12-3-4-16-17(8-12)31-11-30-16/h3-4,8,13,15,18,22,27H,2,5-7,9-11H2,1H3,(H,29,32)/t13?,15-,18+,22+/m0/s1. The molecule has 4 heterocycles. The zero-order chi connectivity index (χ0) is 23.3. The molecule has 33 heavy (non-hydrogen) atoms. The van der Waals surface area contributed by atoms with Crippen LogP contribution in [0.4, 0.5) is 0 Å². The van der Waals surface area contributed by atoms with Gasteiger partial charge in [0.05, 0.1) is 18.6 Å². The van der Waals surface area contributed by atoms with Crippen molar-refractivity contribution in [2.45, 2.75) is 37.7 Å². The van der Waals surface area contributed by atoms with Gasteiger partial charge in [-0.3, -0.25) is 24.2 Å². The predicted molar refractivity (Wildman–Crippen MR) is 125 cm³/mol. The molecule has 4 aliphatic rings. The number of β-lactam (4-membered cyclic amide) rings is 1. The normalized spacial score (nSPS) is 27.1. The average Bonchev–Trinajstić information content (AvgIpc) is 3.50. The van der Waals surface area contributed by atoms with Gasteiger partial charge in [-0.05, 0) is 37.1 Å². The molecule has 1 amide bonds. The van der Waals surface area contributed by atoms with Gasteiger partial charge in [-0.2, -0.15) is 0 Å². The lowest BCUT2D eigenvalue weighted by atomic mass is 9.89. The van der Waals surface area contributed by atoms with Crippen molar-refractivity contribution >= 4 is 41.2 Å². The number of aliphatic hydroxyl groups excluding tert-OH is 1. The number of amides is 1. The van der Waals surface area contributed by atoms with Gasteiger partial charge in [0.1, 0.15) is 11.1 Å². The smallest absolute Gasteiger partial charge is 0.236 e. The molecule has 8 nitrogen and oxygen atoms in total. The Hall–Kier alpha value is -2.01. The van der Waals surface area contributed by atoms with Gasteiger partial charge in [0.25, 0.3) is 0 Å². The third-order valence-corrected chi connectivity index (χ3v) is 8.46. The van der Waals surface area contributed by atoms with E-state index in [1.54, 1.807) is 0 Å². The first-order chi connectivity index (χ1) is 15.9. The van der Waals surface area contributed by atoms with E-state index >= 15 is 0 Å². The highest BCUT2D eigenvalue weighted by atomic mass is 32.2. The van der Waals surface area contributed by atoms with Crippen LogP contribution in [0.5, 0.6) is 11.5 Å². The summed E-state index contributed by atoms with van der Waals surface area (Å²) in [6, 6.07) is 5.55. The second-order valence-corrected chi connectivity index (χ2v) is 10.4. The molecule has 10 heteroatoms. The number of aliphatic hydroxyl groups is 1. The van der Waals surface area contributed by atoms with Crippen LogP contribution in [0, 0.1) is 11.8 Å². The molecule has 176 valence electrons. The number of thiol groups is 1. The summed E-state index contributed by atoms with van der Waals surface area (Å²) in [7, 11) is 0. The Kier molecular flexibility index (Phi) is 6.19. The van der Waals surface area contributed by atoms with Gasteiger partial charge in [0.2, 0.25) is 17.8 Å². The number of benzene rings is 1. The minimum absolute atomic E-state index is 0.0669. The summed E-state index contributed by atoms with van der Waals surface area (Å²) >= 11 is 5.53. The average molecular weight is 491 g/mol. The van der Waals surface area contributed by atoms with Gasteiger partial charge in [0, 0.05) is 23.8 Å². The minimum Gasteiger partial charge on any atom is -0.454 e. The van der Waals surface area contributed by atoms with Crippen molar-refractivity contribution in [2.24, 2.45) is 11.8 Å². The molecule has 4 atom stereocenters.